The SMILES string of the molecule is Cc1noc(C)c1S(=O)(=O)Nc1cccc(OC(C)C)c1. The number of anilines is 1. The van der Waals surface area contributed by atoms with Gasteiger partial charge >= 0.3 is 0 Å². The molecule has 0 spiro atoms. The van der Waals surface area contributed by atoms with Gasteiger partial charge in [-0.1, -0.05) is 11.2 Å². The second-order valence-electron chi connectivity index (χ2n) is 4.95. The van der Waals surface area contributed by atoms with E-state index in [0.717, 1.165) is 0 Å². The van der Waals surface area contributed by atoms with Crippen LogP contribution in [0.15, 0.2) is 33.7 Å². The minimum Gasteiger partial charge on any atom is -0.491 e. The second-order valence-corrected chi connectivity index (χ2v) is 6.57. The van der Waals surface area contributed by atoms with Crippen LogP contribution in [0.3, 0.4) is 0 Å². The summed E-state index contributed by atoms with van der Waals surface area (Å²) >= 11 is 0. The maximum Gasteiger partial charge on any atom is 0.267 e. The normalized spacial score (nSPS) is 11.7. The van der Waals surface area contributed by atoms with Gasteiger partial charge in [-0.15, -0.1) is 0 Å². The number of sulfonamides is 1. The van der Waals surface area contributed by atoms with E-state index in [1.54, 1.807) is 38.1 Å². The third-order valence-corrected chi connectivity index (χ3v) is 4.32. The van der Waals surface area contributed by atoms with Crippen LogP contribution in [0.2, 0.25) is 0 Å². The predicted octanol–water partition coefficient (Wildman–Crippen LogP) is 2.88. The first-order valence-electron chi connectivity index (χ1n) is 6.52. The highest BCUT2D eigenvalue weighted by Gasteiger charge is 2.24. The molecule has 1 N–H and O–H groups in total. The van der Waals surface area contributed by atoms with E-state index in [0.29, 0.717) is 17.1 Å². The number of aromatic nitrogens is 1. The van der Waals surface area contributed by atoms with Gasteiger partial charge in [0.1, 0.15) is 11.4 Å². The Morgan fingerprint density at radius 2 is 2.00 bits per heavy atom. The molecule has 0 saturated carbocycles. The van der Waals surface area contributed by atoms with E-state index in [9.17, 15) is 8.42 Å². The van der Waals surface area contributed by atoms with Crippen molar-refractivity contribution in [2.45, 2.75) is 38.7 Å². The molecule has 1 aromatic heterocycles. The molecule has 6 nitrogen and oxygen atoms in total. The van der Waals surface area contributed by atoms with Crippen molar-refractivity contribution in [3.8, 4) is 5.75 Å². The Kier molecular flexibility index (Phi) is 4.22. The van der Waals surface area contributed by atoms with Crippen LogP contribution in [0.25, 0.3) is 0 Å². The first kappa shape index (κ1) is 15.4. The first-order valence-corrected chi connectivity index (χ1v) is 8.00. The monoisotopic (exact) mass is 310 g/mol. The predicted molar refractivity (Wildman–Crippen MR) is 79.0 cm³/mol. The molecule has 0 atom stereocenters. The van der Waals surface area contributed by atoms with Crippen molar-refractivity contribution < 1.29 is 17.7 Å². The van der Waals surface area contributed by atoms with Crippen molar-refractivity contribution in [1.82, 2.24) is 5.16 Å². The van der Waals surface area contributed by atoms with Crippen molar-refractivity contribution in [3.63, 3.8) is 0 Å². The molecule has 0 aliphatic heterocycles. The molecule has 2 aromatic rings. The lowest BCUT2D eigenvalue weighted by atomic mass is 10.3. The Labute approximate surface area is 124 Å². The lowest BCUT2D eigenvalue weighted by Crippen LogP contribution is -2.14. The van der Waals surface area contributed by atoms with Gasteiger partial charge in [-0.3, -0.25) is 4.72 Å². The van der Waals surface area contributed by atoms with E-state index in [4.69, 9.17) is 9.26 Å². The number of ether oxygens (including phenoxy) is 1. The van der Waals surface area contributed by atoms with E-state index in [-0.39, 0.29) is 16.8 Å². The maximum absolute atomic E-state index is 12.4. The molecule has 0 aliphatic rings. The summed E-state index contributed by atoms with van der Waals surface area (Å²) in [4.78, 5) is 0.0673. The summed E-state index contributed by atoms with van der Waals surface area (Å²) in [6.07, 6.45) is 0.0134. The molecule has 0 fully saturated rings. The number of hydrogen-bond acceptors (Lipinski definition) is 5. The highest BCUT2D eigenvalue weighted by Crippen LogP contribution is 2.24. The van der Waals surface area contributed by atoms with E-state index < -0.39 is 10.0 Å². The Hall–Kier alpha value is -2.02. The number of nitrogens with one attached hydrogen (secondary N) is 1. The number of aryl methyl sites for hydroxylation is 2. The van der Waals surface area contributed by atoms with Gasteiger partial charge in [-0.2, -0.15) is 0 Å². The molecule has 0 amide bonds. The van der Waals surface area contributed by atoms with Crippen LogP contribution in [0, 0.1) is 13.8 Å². The zero-order valence-corrected chi connectivity index (χ0v) is 13.2. The highest BCUT2D eigenvalue weighted by molar-refractivity contribution is 7.92. The van der Waals surface area contributed by atoms with Crippen LogP contribution < -0.4 is 9.46 Å². The van der Waals surface area contributed by atoms with E-state index in [2.05, 4.69) is 9.88 Å². The van der Waals surface area contributed by atoms with Gasteiger partial charge in [0, 0.05) is 6.07 Å². The van der Waals surface area contributed by atoms with Gasteiger partial charge in [0.05, 0.1) is 11.8 Å². The van der Waals surface area contributed by atoms with Crippen molar-refractivity contribution in [3.05, 3.63) is 35.7 Å². The number of hydrogen-bond donors (Lipinski definition) is 1. The lowest BCUT2D eigenvalue weighted by Gasteiger charge is -2.12. The molecule has 0 unspecified atom stereocenters. The molecular formula is C14H18N2O4S. The largest absolute Gasteiger partial charge is 0.491 e. The van der Waals surface area contributed by atoms with Crippen LogP contribution >= 0.6 is 0 Å². The Morgan fingerprint density at radius 3 is 2.57 bits per heavy atom. The van der Waals surface area contributed by atoms with E-state index in [1.165, 1.54) is 0 Å². The van der Waals surface area contributed by atoms with Crippen LogP contribution in [0.5, 0.6) is 5.75 Å². The van der Waals surface area contributed by atoms with Crippen molar-refractivity contribution in [2.24, 2.45) is 0 Å². The summed E-state index contributed by atoms with van der Waals surface area (Å²) in [6, 6.07) is 6.79. The van der Waals surface area contributed by atoms with Gasteiger partial charge in [0.2, 0.25) is 0 Å². The van der Waals surface area contributed by atoms with Crippen molar-refractivity contribution >= 4 is 15.7 Å². The van der Waals surface area contributed by atoms with E-state index in [1.807, 2.05) is 13.8 Å². The topological polar surface area (TPSA) is 81.4 Å². The maximum atomic E-state index is 12.4. The average molecular weight is 310 g/mol. The lowest BCUT2D eigenvalue weighted by molar-refractivity contribution is 0.242. The molecule has 2 rings (SSSR count). The van der Waals surface area contributed by atoms with Gasteiger partial charge in [-0.05, 0) is 39.8 Å². The fourth-order valence-corrected chi connectivity index (χ4v) is 3.35. The highest BCUT2D eigenvalue weighted by atomic mass is 32.2. The summed E-state index contributed by atoms with van der Waals surface area (Å²) < 4.78 is 37.7. The quantitative estimate of drug-likeness (QED) is 0.918. The molecule has 1 heterocycles. The zero-order chi connectivity index (χ0) is 15.6. The van der Waals surface area contributed by atoms with E-state index >= 15 is 0 Å². The third-order valence-electron chi connectivity index (χ3n) is 2.69. The summed E-state index contributed by atoms with van der Waals surface area (Å²) in [5.74, 6) is 0.860. The molecule has 114 valence electrons. The van der Waals surface area contributed by atoms with Gasteiger partial charge in [0.25, 0.3) is 10.0 Å². The molecule has 21 heavy (non-hydrogen) atoms. The van der Waals surface area contributed by atoms with Gasteiger partial charge in [0.15, 0.2) is 10.7 Å². The Balaban J connectivity index is 2.29. The van der Waals surface area contributed by atoms with Crippen LogP contribution in [0.1, 0.15) is 25.3 Å². The molecular weight excluding hydrogens is 292 g/mol. The molecule has 0 radical (unpaired) electrons. The Bertz CT molecular complexity index is 716. The smallest absolute Gasteiger partial charge is 0.267 e. The van der Waals surface area contributed by atoms with Crippen molar-refractivity contribution in [1.29, 1.82) is 0 Å². The third kappa shape index (κ3) is 3.55. The minimum atomic E-state index is -3.74. The standard InChI is InChI=1S/C14H18N2O4S/c1-9(2)19-13-7-5-6-12(8-13)16-21(17,18)14-10(3)15-20-11(14)4/h5-9,16H,1-4H3. The summed E-state index contributed by atoms with van der Waals surface area (Å²) in [5.41, 5.74) is 0.753. The van der Waals surface area contributed by atoms with Gasteiger partial charge < -0.3 is 9.26 Å². The molecule has 7 heteroatoms. The molecule has 0 aliphatic carbocycles. The first-order chi connectivity index (χ1) is 9.79. The molecule has 0 saturated heterocycles. The number of benzene rings is 1. The summed E-state index contributed by atoms with van der Waals surface area (Å²) in [5, 5.41) is 3.66. The minimum absolute atomic E-state index is 0.0134. The summed E-state index contributed by atoms with van der Waals surface area (Å²) in [6.45, 7) is 6.96. The number of rotatable bonds is 5. The van der Waals surface area contributed by atoms with Crippen LogP contribution in [-0.4, -0.2) is 19.7 Å². The van der Waals surface area contributed by atoms with Gasteiger partial charge in [-0.25, -0.2) is 8.42 Å². The number of nitrogens with zero attached hydrogens (tertiary/aromatic N) is 1. The Morgan fingerprint density at radius 1 is 1.29 bits per heavy atom. The van der Waals surface area contributed by atoms with Crippen LogP contribution in [0.4, 0.5) is 5.69 Å². The average Bonchev–Trinajstić information content (AvgIpc) is 2.68. The molecule has 1 aromatic carbocycles. The van der Waals surface area contributed by atoms with Crippen molar-refractivity contribution in [2.75, 3.05) is 4.72 Å². The zero-order valence-electron chi connectivity index (χ0n) is 12.4. The fraction of sp³-hybridized carbons (Fsp3) is 0.357. The fourth-order valence-electron chi connectivity index (χ4n) is 1.97. The van der Waals surface area contributed by atoms with Crippen LogP contribution in [-0.2, 0) is 10.0 Å². The summed E-state index contributed by atoms with van der Waals surface area (Å²) in [7, 11) is -3.74. The second kappa shape index (κ2) is 5.77. The molecule has 0 bridgehead atoms.